The first-order valence-electron chi connectivity index (χ1n) is 2.61. The van der Waals surface area contributed by atoms with Crippen LogP contribution in [0.2, 0.25) is 0 Å². The van der Waals surface area contributed by atoms with Gasteiger partial charge in [0.25, 0.3) is 0 Å². The highest BCUT2D eigenvalue weighted by Gasteiger charge is 2.14. The fourth-order valence-corrected chi connectivity index (χ4v) is 0.588. The lowest BCUT2D eigenvalue weighted by molar-refractivity contribution is 0.560. The summed E-state index contributed by atoms with van der Waals surface area (Å²) in [6, 6.07) is 0. The second kappa shape index (κ2) is 6.08. The molecule has 2 atom stereocenters. The van der Waals surface area contributed by atoms with Gasteiger partial charge in [0.15, 0.2) is 5.50 Å². The number of nitrogens with zero attached hydrogens (tertiary/aromatic N) is 2. The van der Waals surface area contributed by atoms with Gasteiger partial charge in [-0.2, -0.15) is 4.99 Å². The summed E-state index contributed by atoms with van der Waals surface area (Å²) in [4.78, 5) is 25.5. The fraction of sp³-hybridized carbons (Fsp3) is 0.600. The number of aliphatic imine (C=N–C) groups is 2. The normalized spacial score (nSPS) is 14.0. The molecule has 6 heteroatoms. The second-order valence-corrected chi connectivity index (χ2v) is 2.55. The molecule has 0 spiro atoms. The molecule has 0 rings (SSSR count). The van der Waals surface area contributed by atoms with Gasteiger partial charge in [0.05, 0.1) is 11.9 Å². The van der Waals surface area contributed by atoms with Crippen LogP contribution in [0.1, 0.15) is 0 Å². The van der Waals surface area contributed by atoms with Gasteiger partial charge in [-0.3, -0.25) is 0 Å². The highest BCUT2D eigenvalue weighted by atomic mass is 35.5. The standard InChI is InChI=1S/C5H4Cl2N2O2/c6-4(1-8-2-10)5(7)9-3-11/h4-5H,1H2. The Morgan fingerprint density at radius 2 is 1.91 bits per heavy atom. The Bertz CT molecular complexity index is 209. The fourth-order valence-electron chi connectivity index (χ4n) is 0.343. The predicted octanol–water partition coefficient (Wildman–Crippen LogP) is 0.830. The largest absolute Gasteiger partial charge is 0.236 e. The average Bonchev–Trinajstić information content (AvgIpc) is 2.00. The van der Waals surface area contributed by atoms with E-state index in [1.54, 1.807) is 0 Å². The maximum atomic E-state index is 9.65. The molecule has 11 heavy (non-hydrogen) atoms. The molecule has 60 valence electrons. The Morgan fingerprint density at radius 1 is 1.27 bits per heavy atom. The monoisotopic (exact) mass is 194 g/mol. The van der Waals surface area contributed by atoms with Gasteiger partial charge in [0.2, 0.25) is 12.2 Å². The number of halogens is 2. The zero-order valence-electron chi connectivity index (χ0n) is 5.33. The van der Waals surface area contributed by atoms with Crippen molar-refractivity contribution in [2.75, 3.05) is 6.54 Å². The van der Waals surface area contributed by atoms with Crippen molar-refractivity contribution in [3.8, 4) is 0 Å². The first-order chi connectivity index (χ1) is 5.22. The Labute approximate surface area is 72.9 Å². The molecule has 0 fully saturated rings. The number of isocyanates is 2. The van der Waals surface area contributed by atoms with Gasteiger partial charge in [0.1, 0.15) is 0 Å². The van der Waals surface area contributed by atoms with Crippen LogP contribution >= 0.6 is 23.2 Å². The van der Waals surface area contributed by atoms with E-state index >= 15 is 0 Å². The Kier molecular flexibility index (Phi) is 5.71. The van der Waals surface area contributed by atoms with Gasteiger partial charge in [0, 0.05) is 0 Å². The summed E-state index contributed by atoms with van der Waals surface area (Å²) in [5.41, 5.74) is -0.897. The summed E-state index contributed by atoms with van der Waals surface area (Å²) in [6.45, 7) is -0.00952. The lowest BCUT2D eigenvalue weighted by Crippen LogP contribution is -2.15. The van der Waals surface area contributed by atoms with E-state index in [0.29, 0.717) is 0 Å². The number of rotatable bonds is 4. The van der Waals surface area contributed by atoms with Crippen LogP contribution in [0.15, 0.2) is 9.98 Å². The first-order valence-corrected chi connectivity index (χ1v) is 3.48. The minimum absolute atomic E-state index is 0.00952. The van der Waals surface area contributed by atoms with E-state index in [1.165, 1.54) is 12.2 Å². The summed E-state index contributed by atoms with van der Waals surface area (Å²) in [6.07, 6.45) is 2.53. The maximum Gasteiger partial charge on any atom is 0.236 e. The van der Waals surface area contributed by atoms with Crippen LogP contribution in [0, 0.1) is 0 Å². The van der Waals surface area contributed by atoms with Crippen molar-refractivity contribution in [3.63, 3.8) is 0 Å². The van der Waals surface area contributed by atoms with E-state index in [0.717, 1.165) is 0 Å². The van der Waals surface area contributed by atoms with Gasteiger partial charge in [-0.25, -0.2) is 14.6 Å². The molecule has 0 aliphatic carbocycles. The number of hydrogen-bond acceptors (Lipinski definition) is 4. The first kappa shape index (κ1) is 10.3. The Hall–Kier alpha value is -0.660. The summed E-state index contributed by atoms with van der Waals surface area (Å²) in [5.74, 6) is 0. The van der Waals surface area contributed by atoms with Crippen molar-refractivity contribution in [1.82, 2.24) is 0 Å². The SMILES string of the molecule is O=C=NCC(Cl)C(Cl)N=C=O. The lowest BCUT2D eigenvalue weighted by Gasteiger charge is -2.04. The van der Waals surface area contributed by atoms with Gasteiger partial charge in [-0.1, -0.05) is 11.6 Å². The van der Waals surface area contributed by atoms with Crippen LogP contribution in [-0.2, 0) is 9.59 Å². The Morgan fingerprint density at radius 3 is 2.36 bits per heavy atom. The molecule has 0 N–H and O–H groups in total. The number of carbonyl (C=O) groups excluding carboxylic acids is 2. The number of hydrogen-bond donors (Lipinski definition) is 0. The summed E-state index contributed by atoms with van der Waals surface area (Å²) in [5, 5.41) is -0.681. The molecule has 0 heterocycles. The molecule has 0 saturated carbocycles. The van der Waals surface area contributed by atoms with Gasteiger partial charge < -0.3 is 0 Å². The third-order valence-corrected chi connectivity index (χ3v) is 1.71. The van der Waals surface area contributed by atoms with Gasteiger partial charge in [-0.15, -0.1) is 11.6 Å². The smallest absolute Gasteiger partial charge is 0.211 e. The van der Waals surface area contributed by atoms with Crippen LogP contribution in [0.4, 0.5) is 0 Å². The zero-order chi connectivity index (χ0) is 8.69. The lowest BCUT2D eigenvalue weighted by atomic mass is 10.4. The molecule has 0 bridgehead atoms. The van der Waals surface area contributed by atoms with E-state index in [2.05, 4.69) is 9.98 Å². The highest BCUT2D eigenvalue weighted by molar-refractivity contribution is 6.30. The van der Waals surface area contributed by atoms with E-state index in [9.17, 15) is 9.59 Å². The van der Waals surface area contributed by atoms with Crippen LogP contribution in [0.25, 0.3) is 0 Å². The van der Waals surface area contributed by atoms with E-state index in [-0.39, 0.29) is 6.54 Å². The third-order valence-electron chi connectivity index (χ3n) is 0.805. The minimum Gasteiger partial charge on any atom is -0.211 e. The van der Waals surface area contributed by atoms with E-state index < -0.39 is 10.9 Å². The van der Waals surface area contributed by atoms with Gasteiger partial charge >= 0.3 is 0 Å². The van der Waals surface area contributed by atoms with Crippen molar-refractivity contribution < 1.29 is 9.59 Å². The van der Waals surface area contributed by atoms with Crippen LogP contribution in [0.3, 0.4) is 0 Å². The molecule has 0 amide bonds. The minimum atomic E-state index is -0.897. The molecular weight excluding hydrogens is 191 g/mol. The molecule has 0 aromatic heterocycles. The van der Waals surface area contributed by atoms with E-state index in [1.807, 2.05) is 0 Å². The van der Waals surface area contributed by atoms with Crippen molar-refractivity contribution in [2.45, 2.75) is 10.9 Å². The zero-order valence-corrected chi connectivity index (χ0v) is 6.84. The second-order valence-electron chi connectivity index (χ2n) is 1.54. The maximum absolute atomic E-state index is 9.65. The summed E-state index contributed by atoms with van der Waals surface area (Å²) in [7, 11) is 0. The van der Waals surface area contributed by atoms with Crippen molar-refractivity contribution >= 4 is 35.4 Å². The van der Waals surface area contributed by atoms with E-state index in [4.69, 9.17) is 23.2 Å². The predicted molar refractivity (Wildman–Crippen MR) is 40.4 cm³/mol. The quantitative estimate of drug-likeness (QED) is 0.288. The van der Waals surface area contributed by atoms with Crippen molar-refractivity contribution in [1.29, 1.82) is 0 Å². The molecule has 0 aromatic carbocycles. The molecule has 0 aromatic rings. The van der Waals surface area contributed by atoms with Gasteiger partial charge in [-0.05, 0) is 0 Å². The molecule has 0 radical (unpaired) electrons. The van der Waals surface area contributed by atoms with Crippen LogP contribution in [0.5, 0.6) is 0 Å². The summed E-state index contributed by atoms with van der Waals surface area (Å²) < 4.78 is 0. The molecule has 0 aliphatic rings. The van der Waals surface area contributed by atoms with Crippen LogP contribution in [-0.4, -0.2) is 29.6 Å². The molecule has 4 nitrogen and oxygen atoms in total. The average molecular weight is 195 g/mol. The van der Waals surface area contributed by atoms with Crippen molar-refractivity contribution in [2.24, 2.45) is 9.98 Å². The number of alkyl halides is 2. The van der Waals surface area contributed by atoms with Crippen LogP contribution < -0.4 is 0 Å². The Balaban J connectivity index is 3.90. The summed E-state index contributed by atoms with van der Waals surface area (Å²) >= 11 is 10.9. The third kappa shape index (κ3) is 4.71. The topological polar surface area (TPSA) is 58.9 Å². The van der Waals surface area contributed by atoms with Crippen molar-refractivity contribution in [3.05, 3.63) is 0 Å². The molecule has 2 unspecified atom stereocenters. The molecule has 0 aliphatic heterocycles. The highest BCUT2D eigenvalue weighted by Crippen LogP contribution is 2.10. The molecular formula is C5H4Cl2N2O2. The molecule has 0 saturated heterocycles.